The molecule has 0 amide bonds. The third-order valence-corrected chi connectivity index (χ3v) is 2.99. The van der Waals surface area contributed by atoms with Gasteiger partial charge in [-0.1, -0.05) is 12.1 Å². The molecule has 0 aromatic heterocycles. The first-order valence-corrected chi connectivity index (χ1v) is 6.00. The molecular formula is C11H14F2INO. The molecule has 0 spiro atoms. The van der Waals surface area contributed by atoms with E-state index in [1.165, 1.54) is 0 Å². The van der Waals surface area contributed by atoms with Gasteiger partial charge in [-0.15, -0.1) is 0 Å². The van der Waals surface area contributed by atoms with Crippen molar-refractivity contribution in [2.75, 3.05) is 13.2 Å². The van der Waals surface area contributed by atoms with Crippen LogP contribution in [0.25, 0.3) is 0 Å². The van der Waals surface area contributed by atoms with E-state index in [1.54, 1.807) is 0 Å². The van der Waals surface area contributed by atoms with E-state index in [1.807, 2.05) is 31.2 Å². The van der Waals surface area contributed by atoms with E-state index in [0.717, 1.165) is 9.13 Å². The van der Waals surface area contributed by atoms with Gasteiger partial charge in [-0.25, -0.2) is 8.78 Å². The van der Waals surface area contributed by atoms with Crippen molar-refractivity contribution in [3.05, 3.63) is 33.4 Å². The summed E-state index contributed by atoms with van der Waals surface area (Å²) in [4.78, 5) is 0. The number of alkyl halides is 2. The van der Waals surface area contributed by atoms with E-state index in [2.05, 4.69) is 27.9 Å². The molecule has 0 heterocycles. The van der Waals surface area contributed by atoms with Gasteiger partial charge < -0.3 is 10.4 Å². The fourth-order valence-corrected chi connectivity index (χ4v) is 1.59. The van der Waals surface area contributed by atoms with Crippen LogP contribution in [0.1, 0.15) is 18.5 Å². The molecule has 0 aliphatic rings. The first-order chi connectivity index (χ1) is 7.44. The zero-order valence-electron chi connectivity index (χ0n) is 8.88. The molecule has 2 N–H and O–H groups in total. The standard InChI is InChI=1S/C11H14F2INO/c1-8(15-6-11(12,13)7-16)9-2-4-10(14)5-3-9/h2-5,8,15-16H,6-7H2,1H3. The Balaban J connectivity index is 2.53. The van der Waals surface area contributed by atoms with Gasteiger partial charge in [-0.05, 0) is 47.2 Å². The Bertz CT molecular complexity index is 329. The Morgan fingerprint density at radius 2 is 1.94 bits per heavy atom. The van der Waals surface area contributed by atoms with E-state index in [0.29, 0.717) is 0 Å². The minimum atomic E-state index is -3.06. The number of benzene rings is 1. The van der Waals surface area contributed by atoms with Gasteiger partial charge in [-0.3, -0.25) is 0 Å². The molecule has 16 heavy (non-hydrogen) atoms. The molecular weight excluding hydrogens is 327 g/mol. The average molecular weight is 341 g/mol. The Morgan fingerprint density at radius 3 is 2.44 bits per heavy atom. The highest BCUT2D eigenvalue weighted by Gasteiger charge is 2.27. The van der Waals surface area contributed by atoms with Crippen LogP contribution in [0.15, 0.2) is 24.3 Å². The first-order valence-electron chi connectivity index (χ1n) is 4.92. The fourth-order valence-electron chi connectivity index (χ4n) is 1.23. The molecule has 1 unspecified atom stereocenters. The second-order valence-corrected chi connectivity index (χ2v) is 4.91. The van der Waals surface area contributed by atoms with Crippen LogP contribution in [-0.4, -0.2) is 24.2 Å². The molecule has 0 fully saturated rings. The molecule has 1 rings (SSSR count). The highest BCUT2D eigenvalue weighted by Crippen LogP contribution is 2.17. The summed E-state index contributed by atoms with van der Waals surface area (Å²) in [6.07, 6.45) is 0. The molecule has 0 saturated carbocycles. The van der Waals surface area contributed by atoms with Gasteiger partial charge in [-0.2, -0.15) is 0 Å². The normalized spacial score (nSPS) is 13.8. The second-order valence-electron chi connectivity index (χ2n) is 3.67. The van der Waals surface area contributed by atoms with Crippen molar-refractivity contribution in [3.63, 3.8) is 0 Å². The third-order valence-electron chi connectivity index (χ3n) is 2.27. The summed E-state index contributed by atoms with van der Waals surface area (Å²) in [6, 6.07) is 7.50. The van der Waals surface area contributed by atoms with Gasteiger partial charge in [0.1, 0.15) is 6.61 Å². The predicted molar refractivity (Wildman–Crippen MR) is 67.6 cm³/mol. The number of aliphatic hydroxyl groups excluding tert-OH is 1. The molecule has 1 atom stereocenters. The van der Waals surface area contributed by atoms with Crippen molar-refractivity contribution < 1.29 is 13.9 Å². The SMILES string of the molecule is CC(NCC(F)(F)CO)c1ccc(I)cc1. The molecule has 0 bridgehead atoms. The van der Waals surface area contributed by atoms with Crippen molar-refractivity contribution in [3.8, 4) is 0 Å². The van der Waals surface area contributed by atoms with E-state index in [-0.39, 0.29) is 6.04 Å². The van der Waals surface area contributed by atoms with E-state index in [9.17, 15) is 8.78 Å². The maximum atomic E-state index is 12.8. The molecule has 0 aliphatic heterocycles. The van der Waals surface area contributed by atoms with Crippen molar-refractivity contribution >= 4 is 22.6 Å². The van der Waals surface area contributed by atoms with Crippen LogP contribution in [0.2, 0.25) is 0 Å². The number of nitrogens with one attached hydrogen (secondary N) is 1. The lowest BCUT2D eigenvalue weighted by Crippen LogP contribution is -2.37. The lowest BCUT2D eigenvalue weighted by atomic mass is 10.1. The summed E-state index contributed by atoms with van der Waals surface area (Å²) in [6.45, 7) is 0.172. The van der Waals surface area contributed by atoms with Crippen LogP contribution in [0.3, 0.4) is 0 Å². The Labute approximate surface area is 107 Å². The summed E-state index contributed by atoms with van der Waals surface area (Å²) < 4.78 is 26.7. The van der Waals surface area contributed by atoms with Gasteiger partial charge in [0.2, 0.25) is 0 Å². The van der Waals surface area contributed by atoms with E-state index < -0.39 is 19.1 Å². The van der Waals surface area contributed by atoms with E-state index >= 15 is 0 Å². The van der Waals surface area contributed by atoms with Gasteiger partial charge >= 0.3 is 0 Å². The Morgan fingerprint density at radius 1 is 1.38 bits per heavy atom. The van der Waals surface area contributed by atoms with Crippen molar-refractivity contribution in [1.82, 2.24) is 5.32 Å². The zero-order chi connectivity index (χ0) is 12.2. The Kier molecular flexibility index (Phi) is 5.07. The van der Waals surface area contributed by atoms with Crippen molar-refractivity contribution in [2.45, 2.75) is 18.9 Å². The quantitative estimate of drug-likeness (QED) is 0.807. The molecule has 1 aromatic carbocycles. The van der Waals surface area contributed by atoms with E-state index in [4.69, 9.17) is 5.11 Å². The summed E-state index contributed by atoms with van der Waals surface area (Å²) >= 11 is 2.19. The number of halogens is 3. The lowest BCUT2D eigenvalue weighted by molar-refractivity contribution is -0.0490. The maximum absolute atomic E-state index is 12.8. The first kappa shape index (κ1) is 13.8. The topological polar surface area (TPSA) is 32.3 Å². The van der Waals surface area contributed by atoms with Gasteiger partial charge in [0.25, 0.3) is 5.92 Å². The zero-order valence-corrected chi connectivity index (χ0v) is 11.0. The Hall–Kier alpha value is -0.270. The summed E-state index contributed by atoms with van der Waals surface area (Å²) in [7, 11) is 0. The highest BCUT2D eigenvalue weighted by atomic mass is 127. The smallest absolute Gasteiger partial charge is 0.282 e. The molecule has 0 radical (unpaired) electrons. The fraction of sp³-hybridized carbons (Fsp3) is 0.455. The molecule has 5 heteroatoms. The van der Waals surface area contributed by atoms with Gasteiger partial charge in [0.05, 0.1) is 6.54 Å². The molecule has 1 aromatic rings. The summed E-state index contributed by atoms with van der Waals surface area (Å²) in [5.74, 6) is -3.06. The minimum Gasteiger partial charge on any atom is -0.390 e. The van der Waals surface area contributed by atoms with Crippen LogP contribution in [0.5, 0.6) is 0 Å². The van der Waals surface area contributed by atoms with Crippen LogP contribution in [0, 0.1) is 3.57 Å². The number of aliphatic hydroxyl groups is 1. The van der Waals surface area contributed by atoms with Crippen molar-refractivity contribution in [1.29, 1.82) is 0 Å². The monoisotopic (exact) mass is 341 g/mol. The van der Waals surface area contributed by atoms with Crippen molar-refractivity contribution in [2.24, 2.45) is 0 Å². The second kappa shape index (κ2) is 5.88. The lowest BCUT2D eigenvalue weighted by Gasteiger charge is -2.19. The summed E-state index contributed by atoms with van der Waals surface area (Å²) in [5, 5.41) is 11.1. The number of rotatable bonds is 5. The van der Waals surface area contributed by atoms with Crippen LogP contribution in [0.4, 0.5) is 8.78 Å². The molecule has 2 nitrogen and oxygen atoms in total. The van der Waals surface area contributed by atoms with Crippen LogP contribution < -0.4 is 5.32 Å². The summed E-state index contributed by atoms with van der Waals surface area (Å²) in [5.41, 5.74) is 0.953. The maximum Gasteiger partial charge on any atom is 0.282 e. The third kappa shape index (κ3) is 4.31. The molecule has 0 aliphatic carbocycles. The average Bonchev–Trinajstić information content (AvgIpc) is 2.27. The number of hydrogen-bond acceptors (Lipinski definition) is 2. The highest BCUT2D eigenvalue weighted by molar-refractivity contribution is 14.1. The number of hydrogen-bond donors (Lipinski definition) is 2. The van der Waals surface area contributed by atoms with Crippen LogP contribution >= 0.6 is 22.6 Å². The van der Waals surface area contributed by atoms with Gasteiger partial charge in [0.15, 0.2) is 0 Å². The largest absolute Gasteiger partial charge is 0.390 e. The van der Waals surface area contributed by atoms with Crippen LogP contribution in [-0.2, 0) is 0 Å². The molecule has 0 saturated heterocycles. The predicted octanol–water partition coefficient (Wildman–Crippen LogP) is 2.57. The minimum absolute atomic E-state index is 0.158. The van der Waals surface area contributed by atoms with Gasteiger partial charge in [0, 0.05) is 9.61 Å². The molecule has 90 valence electrons.